The lowest BCUT2D eigenvalue weighted by atomic mass is 10.1. The van der Waals surface area contributed by atoms with Crippen molar-refractivity contribution >= 4 is 11.6 Å². The van der Waals surface area contributed by atoms with Gasteiger partial charge in [0.05, 0.1) is 31.3 Å². The largest absolute Gasteiger partial charge is 0.485 e. The molecule has 2 unspecified atom stereocenters. The van der Waals surface area contributed by atoms with Crippen LogP contribution in [0.1, 0.15) is 13.3 Å². The Morgan fingerprint density at radius 3 is 2.95 bits per heavy atom. The Bertz CT molecular complexity index is 528. The van der Waals surface area contributed by atoms with Crippen molar-refractivity contribution in [3.05, 3.63) is 24.3 Å². The Labute approximate surface area is 131 Å². The molecule has 0 spiro atoms. The molecule has 0 aromatic heterocycles. The number of hydrogen-bond donors (Lipinski definition) is 0. The van der Waals surface area contributed by atoms with Crippen LogP contribution in [-0.4, -0.2) is 56.8 Å². The number of ether oxygens (including phenoxy) is 2. The van der Waals surface area contributed by atoms with Gasteiger partial charge in [0.1, 0.15) is 11.9 Å². The molecule has 0 bridgehead atoms. The summed E-state index contributed by atoms with van der Waals surface area (Å²) in [5, 5.41) is 0. The lowest BCUT2D eigenvalue weighted by molar-refractivity contribution is -0.135. The summed E-state index contributed by atoms with van der Waals surface area (Å²) in [5.74, 6) is 1.09. The second-order valence-corrected chi connectivity index (χ2v) is 6.03. The molecule has 0 saturated carbocycles. The molecule has 2 aliphatic heterocycles. The molecule has 5 nitrogen and oxygen atoms in total. The first kappa shape index (κ1) is 15.2. The molecular weight excluding hydrogens is 280 g/mol. The van der Waals surface area contributed by atoms with Crippen LogP contribution in [0.25, 0.3) is 0 Å². The number of hydrogen-bond acceptors (Lipinski definition) is 4. The van der Waals surface area contributed by atoms with E-state index >= 15 is 0 Å². The molecule has 0 radical (unpaired) electrons. The summed E-state index contributed by atoms with van der Waals surface area (Å²) in [5.41, 5.74) is 1.14. The number of rotatable bonds is 4. The van der Waals surface area contributed by atoms with Gasteiger partial charge in [-0.05, 0) is 25.5 Å². The molecular formula is C17H24N2O3. The van der Waals surface area contributed by atoms with E-state index in [2.05, 4.69) is 17.9 Å². The minimum atomic E-state index is 0.00567. The number of carbonyl (C=O) groups excluding carboxylic acids is 1. The number of fused-ring (bicyclic) bond motifs is 1. The first-order chi connectivity index (χ1) is 10.7. The molecule has 0 aliphatic carbocycles. The van der Waals surface area contributed by atoms with E-state index in [-0.39, 0.29) is 17.9 Å². The van der Waals surface area contributed by atoms with Gasteiger partial charge in [-0.25, -0.2) is 0 Å². The van der Waals surface area contributed by atoms with E-state index in [0.29, 0.717) is 19.8 Å². The molecule has 3 rings (SSSR count). The minimum absolute atomic E-state index is 0.00567. The number of carbonyl (C=O) groups is 1. The lowest BCUT2D eigenvalue weighted by Gasteiger charge is -2.37. The van der Waals surface area contributed by atoms with Crippen molar-refractivity contribution in [1.29, 1.82) is 0 Å². The maximum Gasteiger partial charge on any atom is 0.227 e. The number of amides is 1. The summed E-state index contributed by atoms with van der Waals surface area (Å²) in [6.07, 6.45) is 0.838. The minimum Gasteiger partial charge on any atom is -0.485 e. The lowest BCUT2D eigenvalue weighted by Crippen LogP contribution is -2.47. The van der Waals surface area contributed by atoms with Crippen molar-refractivity contribution in [2.45, 2.75) is 19.4 Å². The Hall–Kier alpha value is -1.75. The quantitative estimate of drug-likeness (QED) is 0.850. The van der Waals surface area contributed by atoms with E-state index in [1.807, 2.05) is 25.2 Å². The third-order valence-corrected chi connectivity index (χ3v) is 4.44. The van der Waals surface area contributed by atoms with Crippen molar-refractivity contribution < 1.29 is 14.3 Å². The van der Waals surface area contributed by atoms with Crippen molar-refractivity contribution in [1.82, 2.24) is 4.90 Å². The zero-order valence-corrected chi connectivity index (χ0v) is 13.3. The highest BCUT2D eigenvalue weighted by Gasteiger charge is 2.30. The highest BCUT2D eigenvalue weighted by molar-refractivity contribution is 5.79. The van der Waals surface area contributed by atoms with Gasteiger partial charge in [-0.3, -0.25) is 4.79 Å². The Kier molecular flexibility index (Phi) is 4.52. The van der Waals surface area contributed by atoms with Gasteiger partial charge in [0, 0.05) is 20.2 Å². The molecule has 1 amide bonds. The van der Waals surface area contributed by atoms with Crippen molar-refractivity contribution in [2.75, 3.05) is 44.8 Å². The van der Waals surface area contributed by atoms with E-state index in [1.54, 1.807) is 4.90 Å². The van der Waals surface area contributed by atoms with Gasteiger partial charge in [0.2, 0.25) is 5.91 Å². The second-order valence-electron chi connectivity index (χ2n) is 6.03. The average molecular weight is 304 g/mol. The summed E-state index contributed by atoms with van der Waals surface area (Å²) < 4.78 is 11.4. The van der Waals surface area contributed by atoms with Crippen LogP contribution in [0, 0.1) is 5.92 Å². The first-order valence-corrected chi connectivity index (χ1v) is 8.02. The number of nitrogens with zero attached hydrogens (tertiary/aromatic N) is 2. The van der Waals surface area contributed by atoms with Crippen LogP contribution < -0.4 is 9.64 Å². The van der Waals surface area contributed by atoms with Crippen LogP contribution in [0.2, 0.25) is 0 Å². The maximum absolute atomic E-state index is 12.4. The molecule has 2 aliphatic rings. The SMILES string of the molecule is CCN1CC(CN(C)C(=O)C2CCOC2)Oc2ccccc21. The Morgan fingerprint density at radius 2 is 2.23 bits per heavy atom. The van der Waals surface area contributed by atoms with Gasteiger partial charge in [-0.15, -0.1) is 0 Å². The van der Waals surface area contributed by atoms with Crippen LogP contribution in [0.5, 0.6) is 5.75 Å². The molecule has 2 atom stereocenters. The zero-order chi connectivity index (χ0) is 15.5. The van der Waals surface area contributed by atoms with Crippen molar-refractivity contribution in [3.8, 4) is 5.75 Å². The molecule has 22 heavy (non-hydrogen) atoms. The molecule has 0 N–H and O–H groups in total. The monoisotopic (exact) mass is 304 g/mol. The molecule has 1 saturated heterocycles. The zero-order valence-electron chi connectivity index (χ0n) is 13.3. The highest BCUT2D eigenvalue weighted by Crippen LogP contribution is 2.33. The number of likely N-dealkylation sites (N-methyl/N-ethyl adjacent to an activating group) is 2. The van der Waals surface area contributed by atoms with Crippen LogP contribution in [-0.2, 0) is 9.53 Å². The summed E-state index contributed by atoms with van der Waals surface area (Å²) >= 11 is 0. The van der Waals surface area contributed by atoms with Gasteiger partial charge in [-0.1, -0.05) is 12.1 Å². The van der Waals surface area contributed by atoms with E-state index in [0.717, 1.165) is 30.9 Å². The normalized spacial score (nSPS) is 23.8. The third-order valence-electron chi connectivity index (χ3n) is 4.44. The Morgan fingerprint density at radius 1 is 1.41 bits per heavy atom. The van der Waals surface area contributed by atoms with Crippen LogP contribution in [0.15, 0.2) is 24.3 Å². The highest BCUT2D eigenvalue weighted by atomic mass is 16.5. The van der Waals surface area contributed by atoms with Crippen molar-refractivity contribution in [2.24, 2.45) is 5.92 Å². The summed E-state index contributed by atoms with van der Waals surface area (Å²) in [7, 11) is 1.86. The predicted molar refractivity (Wildman–Crippen MR) is 85.3 cm³/mol. The molecule has 1 fully saturated rings. The maximum atomic E-state index is 12.4. The fraction of sp³-hybridized carbons (Fsp3) is 0.588. The van der Waals surface area contributed by atoms with Crippen LogP contribution >= 0.6 is 0 Å². The van der Waals surface area contributed by atoms with Crippen molar-refractivity contribution in [3.63, 3.8) is 0 Å². The summed E-state index contributed by atoms with van der Waals surface area (Å²) in [4.78, 5) is 16.5. The molecule has 2 heterocycles. The van der Waals surface area contributed by atoms with E-state index in [4.69, 9.17) is 9.47 Å². The van der Waals surface area contributed by atoms with Gasteiger partial charge in [-0.2, -0.15) is 0 Å². The summed E-state index contributed by atoms with van der Waals surface area (Å²) in [6.45, 7) is 5.75. The van der Waals surface area contributed by atoms with Gasteiger partial charge >= 0.3 is 0 Å². The predicted octanol–water partition coefficient (Wildman–Crippen LogP) is 1.77. The summed E-state index contributed by atoms with van der Waals surface area (Å²) in [6, 6.07) is 8.09. The molecule has 1 aromatic carbocycles. The van der Waals surface area contributed by atoms with Crippen LogP contribution in [0.3, 0.4) is 0 Å². The van der Waals surface area contributed by atoms with Crippen LogP contribution in [0.4, 0.5) is 5.69 Å². The smallest absolute Gasteiger partial charge is 0.227 e. The van der Waals surface area contributed by atoms with E-state index < -0.39 is 0 Å². The third kappa shape index (κ3) is 3.04. The van der Waals surface area contributed by atoms with E-state index in [9.17, 15) is 4.79 Å². The number of benzene rings is 1. The molecule has 1 aromatic rings. The molecule has 120 valence electrons. The van der Waals surface area contributed by atoms with Gasteiger partial charge in [0.25, 0.3) is 0 Å². The second kappa shape index (κ2) is 6.57. The Balaban J connectivity index is 1.65. The fourth-order valence-electron chi connectivity index (χ4n) is 3.21. The topological polar surface area (TPSA) is 42.0 Å². The molecule has 5 heteroatoms. The van der Waals surface area contributed by atoms with E-state index in [1.165, 1.54) is 0 Å². The standard InChI is InChI=1S/C17H24N2O3/c1-3-19-11-14(22-16-7-5-4-6-15(16)19)10-18(2)17(20)13-8-9-21-12-13/h4-7,13-14H,3,8-12H2,1-2H3. The first-order valence-electron chi connectivity index (χ1n) is 8.02. The number of anilines is 1. The van der Waals surface area contributed by atoms with Gasteiger partial charge < -0.3 is 19.3 Å². The van der Waals surface area contributed by atoms with Gasteiger partial charge in [0.15, 0.2) is 0 Å². The average Bonchev–Trinajstić information content (AvgIpc) is 3.07. The fourth-order valence-corrected chi connectivity index (χ4v) is 3.21. The number of para-hydroxylation sites is 2.